The molecule has 0 atom stereocenters. The van der Waals surface area contributed by atoms with Crippen LogP contribution in [0.1, 0.15) is 35.2 Å². The first-order valence-corrected chi connectivity index (χ1v) is 8.13. The summed E-state index contributed by atoms with van der Waals surface area (Å²) in [6.45, 7) is 6.74. The van der Waals surface area contributed by atoms with Gasteiger partial charge in [-0.2, -0.15) is 0 Å². The van der Waals surface area contributed by atoms with Crippen LogP contribution < -0.4 is 5.56 Å². The number of fused-ring (bicyclic) bond motifs is 1. The highest BCUT2D eigenvalue weighted by molar-refractivity contribution is 7.16. The third kappa shape index (κ3) is 2.29. The zero-order chi connectivity index (χ0) is 14.3. The summed E-state index contributed by atoms with van der Waals surface area (Å²) in [4.78, 5) is 23.1. The van der Waals surface area contributed by atoms with Crippen molar-refractivity contribution in [2.24, 2.45) is 0 Å². The summed E-state index contributed by atoms with van der Waals surface area (Å²) < 4.78 is 1.67. The predicted molar refractivity (Wildman–Crippen MR) is 83.9 cm³/mol. The van der Waals surface area contributed by atoms with Gasteiger partial charge in [0.05, 0.1) is 23.3 Å². The Morgan fingerprint density at radius 3 is 2.85 bits per heavy atom. The number of hydrogen-bond donors (Lipinski definition) is 0. The number of aromatic nitrogens is 3. The molecule has 3 aromatic heterocycles. The molecule has 0 aliphatic carbocycles. The standard InChI is InChI=1S/C14H15N3OS2/c1-8(2)12-15-4-10(20-12)5-17-7-16-13-11(14(17)18)9(3)6-19-13/h4,6-8H,5H2,1-3H3. The molecule has 3 aromatic rings. The molecule has 3 heterocycles. The normalized spacial score (nSPS) is 11.6. The highest BCUT2D eigenvalue weighted by Crippen LogP contribution is 2.22. The van der Waals surface area contributed by atoms with Gasteiger partial charge in [-0.15, -0.1) is 22.7 Å². The van der Waals surface area contributed by atoms with Crippen molar-refractivity contribution in [3.05, 3.63) is 43.7 Å². The van der Waals surface area contributed by atoms with Crippen LogP contribution in [0, 0.1) is 6.92 Å². The Kier molecular flexibility index (Phi) is 3.43. The lowest BCUT2D eigenvalue weighted by atomic mass is 10.2. The van der Waals surface area contributed by atoms with Crippen LogP contribution in [-0.2, 0) is 6.54 Å². The first-order chi connectivity index (χ1) is 9.56. The Hall–Kier alpha value is -1.53. The highest BCUT2D eigenvalue weighted by Gasteiger charge is 2.11. The van der Waals surface area contributed by atoms with Crippen LogP contribution in [0.3, 0.4) is 0 Å². The number of rotatable bonds is 3. The van der Waals surface area contributed by atoms with E-state index in [4.69, 9.17) is 0 Å². The average Bonchev–Trinajstić information content (AvgIpc) is 3.00. The summed E-state index contributed by atoms with van der Waals surface area (Å²) in [6.07, 6.45) is 3.49. The predicted octanol–water partition coefficient (Wildman–Crippen LogP) is 3.39. The van der Waals surface area contributed by atoms with Crippen molar-refractivity contribution in [2.75, 3.05) is 0 Å². The van der Waals surface area contributed by atoms with E-state index in [1.54, 1.807) is 22.2 Å². The van der Waals surface area contributed by atoms with E-state index < -0.39 is 0 Å². The van der Waals surface area contributed by atoms with Gasteiger partial charge < -0.3 is 0 Å². The van der Waals surface area contributed by atoms with E-state index in [0.29, 0.717) is 12.5 Å². The Bertz CT molecular complexity index is 813. The van der Waals surface area contributed by atoms with Gasteiger partial charge in [-0.1, -0.05) is 13.8 Å². The SMILES string of the molecule is Cc1csc2ncn(Cc3cnc(C(C)C)s3)c(=O)c12. The topological polar surface area (TPSA) is 47.8 Å². The lowest BCUT2D eigenvalue weighted by Crippen LogP contribution is -2.20. The van der Waals surface area contributed by atoms with Crippen molar-refractivity contribution < 1.29 is 0 Å². The summed E-state index contributed by atoms with van der Waals surface area (Å²) >= 11 is 3.18. The molecule has 0 bridgehead atoms. The molecule has 0 N–H and O–H groups in total. The number of aryl methyl sites for hydroxylation is 1. The Labute approximate surface area is 124 Å². The van der Waals surface area contributed by atoms with E-state index in [1.165, 1.54) is 11.3 Å². The average molecular weight is 305 g/mol. The summed E-state index contributed by atoms with van der Waals surface area (Å²) in [7, 11) is 0. The molecule has 104 valence electrons. The van der Waals surface area contributed by atoms with Crippen molar-refractivity contribution in [3.8, 4) is 0 Å². The maximum atomic E-state index is 12.5. The largest absolute Gasteiger partial charge is 0.293 e. The van der Waals surface area contributed by atoms with Crippen molar-refractivity contribution in [1.82, 2.24) is 14.5 Å². The van der Waals surface area contributed by atoms with E-state index in [0.717, 1.165) is 25.7 Å². The van der Waals surface area contributed by atoms with Gasteiger partial charge in [-0.3, -0.25) is 9.36 Å². The van der Waals surface area contributed by atoms with Crippen LogP contribution in [0.25, 0.3) is 10.2 Å². The zero-order valence-electron chi connectivity index (χ0n) is 11.6. The summed E-state index contributed by atoms with van der Waals surface area (Å²) in [6, 6.07) is 0. The minimum Gasteiger partial charge on any atom is -0.293 e. The Morgan fingerprint density at radius 1 is 1.35 bits per heavy atom. The number of nitrogens with zero attached hydrogens (tertiary/aromatic N) is 3. The minimum absolute atomic E-state index is 0.0354. The van der Waals surface area contributed by atoms with Crippen LogP contribution in [0.2, 0.25) is 0 Å². The van der Waals surface area contributed by atoms with Gasteiger partial charge in [0, 0.05) is 17.0 Å². The van der Waals surface area contributed by atoms with Crippen LogP contribution in [0.5, 0.6) is 0 Å². The van der Waals surface area contributed by atoms with Crippen LogP contribution in [-0.4, -0.2) is 14.5 Å². The molecule has 0 saturated heterocycles. The minimum atomic E-state index is 0.0354. The van der Waals surface area contributed by atoms with Gasteiger partial charge in [0.1, 0.15) is 4.83 Å². The maximum Gasteiger partial charge on any atom is 0.262 e. The van der Waals surface area contributed by atoms with Crippen LogP contribution in [0.15, 0.2) is 22.7 Å². The monoisotopic (exact) mass is 305 g/mol. The second kappa shape index (κ2) is 5.10. The van der Waals surface area contributed by atoms with Gasteiger partial charge in [0.25, 0.3) is 5.56 Å². The third-order valence-electron chi connectivity index (χ3n) is 3.14. The summed E-state index contributed by atoms with van der Waals surface area (Å²) in [5.41, 5.74) is 1.04. The van der Waals surface area contributed by atoms with Crippen molar-refractivity contribution in [1.29, 1.82) is 0 Å². The fraction of sp³-hybridized carbons (Fsp3) is 0.357. The number of hydrogen-bond acceptors (Lipinski definition) is 5. The number of thiophene rings is 1. The maximum absolute atomic E-state index is 12.5. The van der Waals surface area contributed by atoms with E-state index in [-0.39, 0.29) is 5.56 Å². The molecule has 0 aromatic carbocycles. The summed E-state index contributed by atoms with van der Waals surface area (Å²) in [5.74, 6) is 0.421. The van der Waals surface area contributed by atoms with E-state index in [9.17, 15) is 4.79 Å². The molecule has 3 rings (SSSR count). The van der Waals surface area contributed by atoms with Gasteiger partial charge >= 0.3 is 0 Å². The molecular formula is C14H15N3OS2. The van der Waals surface area contributed by atoms with Crippen molar-refractivity contribution >= 4 is 32.9 Å². The van der Waals surface area contributed by atoms with Crippen LogP contribution >= 0.6 is 22.7 Å². The molecular weight excluding hydrogens is 290 g/mol. The molecule has 0 saturated carbocycles. The quantitative estimate of drug-likeness (QED) is 0.745. The second-order valence-electron chi connectivity index (χ2n) is 5.10. The lowest BCUT2D eigenvalue weighted by Gasteiger charge is -2.03. The fourth-order valence-electron chi connectivity index (χ4n) is 2.05. The van der Waals surface area contributed by atoms with E-state index in [1.807, 2.05) is 18.5 Å². The molecule has 0 aliphatic rings. The van der Waals surface area contributed by atoms with E-state index >= 15 is 0 Å². The highest BCUT2D eigenvalue weighted by atomic mass is 32.1. The molecule has 0 amide bonds. The first kappa shape index (κ1) is 13.5. The molecule has 4 nitrogen and oxygen atoms in total. The Morgan fingerprint density at radius 2 is 2.15 bits per heavy atom. The van der Waals surface area contributed by atoms with Gasteiger partial charge in [0.2, 0.25) is 0 Å². The molecule has 0 spiro atoms. The van der Waals surface area contributed by atoms with Gasteiger partial charge in [-0.25, -0.2) is 9.97 Å². The molecule has 0 unspecified atom stereocenters. The van der Waals surface area contributed by atoms with Gasteiger partial charge in [-0.05, 0) is 17.9 Å². The second-order valence-corrected chi connectivity index (χ2v) is 7.10. The zero-order valence-corrected chi connectivity index (χ0v) is 13.2. The molecule has 0 radical (unpaired) electrons. The van der Waals surface area contributed by atoms with Gasteiger partial charge in [0.15, 0.2) is 0 Å². The van der Waals surface area contributed by atoms with E-state index in [2.05, 4.69) is 23.8 Å². The fourth-order valence-corrected chi connectivity index (χ4v) is 3.85. The number of thiazole rings is 1. The first-order valence-electron chi connectivity index (χ1n) is 6.44. The van der Waals surface area contributed by atoms with Crippen LogP contribution in [0.4, 0.5) is 0 Å². The summed E-state index contributed by atoms with van der Waals surface area (Å²) in [5, 5.41) is 3.83. The molecule has 0 fully saturated rings. The molecule has 6 heteroatoms. The van der Waals surface area contributed by atoms with Crippen molar-refractivity contribution in [2.45, 2.75) is 33.2 Å². The molecule has 0 aliphatic heterocycles. The molecule has 20 heavy (non-hydrogen) atoms. The smallest absolute Gasteiger partial charge is 0.262 e. The third-order valence-corrected chi connectivity index (χ3v) is 5.42. The lowest BCUT2D eigenvalue weighted by molar-refractivity contribution is 0.757. The Balaban J connectivity index is 2.00. The van der Waals surface area contributed by atoms with Crippen molar-refractivity contribution in [3.63, 3.8) is 0 Å².